The van der Waals surface area contributed by atoms with Gasteiger partial charge in [0.2, 0.25) is 0 Å². The fraction of sp³-hybridized carbons (Fsp3) is 0.133. The third-order valence-electron chi connectivity index (χ3n) is 2.84. The van der Waals surface area contributed by atoms with Crippen molar-refractivity contribution in [2.45, 2.75) is 11.8 Å². The molecule has 22 heavy (non-hydrogen) atoms. The van der Waals surface area contributed by atoms with Crippen LogP contribution in [0.5, 0.6) is 0 Å². The maximum Gasteiger partial charge on any atom is 0.341 e. The van der Waals surface area contributed by atoms with Gasteiger partial charge in [0.25, 0.3) is 0 Å². The van der Waals surface area contributed by atoms with Crippen molar-refractivity contribution in [2.75, 3.05) is 7.11 Å². The Hall–Kier alpha value is -2.12. The maximum absolute atomic E-state index is 12.1. The average molecular weight is 338 g/mol. The molecule has 0 spiro atoms. The van der Waals surface area contributed by atoms with Crippen LogP contribution in [0.2, 0.25) is 0 Å². The van der Waals surface area contributed by atoms with Crippen LogP contribution in [-0.4, -0.2) is 21.5 Å². The molecule has 0 fully saturated rings. The Bertz CT molecular complexity index is 772. The highest BCUT2D eigenvalue weighted by molar-refractivity contribution is 7.86. The second kappa shape index (κ2) is 6.76. The minimum atomic E-state index is -3.99. The number of thiophene rings is 1. The van der Waals surface area contributed by atoms with Gasteiger partial charge in [-0.1, -0.05) is 17.7 Å². The molecule has 0 radical (unpaired) electrons. The molecule has 0 aliphatic rings. The monoisotopic (exact) mass is 338 g/mol. The van der Waals surface area contributed by atoms with Crippen molar-refractivity contribution in [3.8, 4) is 0 Å². The highest BCUT2D eigenvalue weighted by atomic mass is 32.2. The first-order valence-electron chi connectivity index (χ1n) is 6.25. The zero-order valence-electron chi connectivity index (χ0n) is 12.0. The van der Waals surface area contributed by atoms with Gasteiger partial charge in [-0.05, 0) is 35.9 Å². The highest BCUT2D eigenvalue weighted by Gasteiger charge is 2.18. The third kappa shape index (κ3) is 3.75. The molecule has 0 amide bonds. The SMILES string of the molecule is COC(=O)/C(=C/OS(=O)(=O)c1ccc(C)cc1)c1ccsc1. The molecule has 0 unspecified atom stereocenters. The number of rotatable bonds is 5. The van der Waals surface area contributed by atoms with Crippen molar-refractivity contribution in [1.82, 2.24) is 0 Å². The first kappa shape index (κ1) is 16.3. The van der Waals surface area contributed by atoms with E-state index < -0.39 is 16.1 Å². The molecule has 7 heteroatoms. The van der Waals surface area contributed by atoms with E-state index in [0.717, 1.165) is 11.8 Å². The smallest absolute Gasteiger partial charge is 0.341 e. The van der Waals surface area contributed by atoms with Gasteiger partial charge >= 0.3 is 16.1 Å². The molecule has 0 saturated carbocycles. The quantitative estimate of drug-likeness (QED) is 0.363. The molecule has 0 aliphatic heterocycles. The molecule has 2 rings (SSSR count). The molecule has 116 valence electrons. The van der Waals surface area contributed by atoms with Crippen molar-refractivity contribution < 1.29 is 22.1 Å². The molecule has 2 aromatic rings. The Morgan fingerprint density at radius 3 is 2.41 bits per heavy atom. The molecule has 5 nitrogen and oxygen atoms in total. The summed E-state index contributed by atoms with van der Waals surface area (Å²) in [5.74, 6) is -0.669. The molecular formula is C15H14O5S2. The Labute approximate surface area is 132 Å². The van der Waals surface area contributed by atoms with Gasteiger partial charge in [-0.15, -0.1) is 0 Å². The van der Waals surface area contributed by atoms with E-state index in [1.807, 2.05) is 6.92 Å². The minimum absolute atomic E-state index is 0.0175. The maximum atomic E-state index is 12.1. The predicted molar refractivity (Wildman–Crippen MR) is 83.8 cm³/mol. The lowest BCUT2D eigenvalue weighted by molar-refractivity contribution is -0.133. The van der Waals surface area contributed by atoms with Gasteiger partial charge < -0.3 is 8.92 Å². The van der Waals surface area contributed by atoms with Crippen LogP contribution in [0, 0.1) is 6.92 Å². The van der Waals surface area contributed by atoms with Crippen LogP contribution in [0.1, 0.15) is 11.1 Å². The number of aryl methyl sites for hydroxylation is 1. The fourth-order valence-electron chi connectivity index (χ4n) is 1.63. The van der Waals surface area contributed by atoms with Gasteiger partial charge in [-0.3, -0.25) is 0 Å². The highest BCUT2D eigenvalue weighted by Crippen LogP contribution is 2.21. The van der Waals surface area contributed by atoms with Crippen LogP contribution in [0.25, 0.3) is 5.57 Å². The molecule has 0 bridgehead atoms. The lowest BCUT2D eigenvalue weighted by Crippen LogP contribution is -2.07. The summed E-state index contributed by atoms with van der Waals surface area (Å²) in [4.78, 5) is 11.8. The first-order chi connectivity index (χ1) is 10.4. The topological polar surface area (TPSA) is 69.7 Å². The second-order valence-corrected chi connectivity index (χ2v) is 6.75. The average Bonchev–Trinajstić information content (AvgIpc) is 3.01. The summed E-state index contributed by atoms with van der Waals surface area (Å²) in [6.07, 6.45) is 0.906. The lowest BCUT2D eigenvalue weighted by Gasteiger charge is -2.06. The van der Waals surface area contributed by atoms with Crippen LogP contribution in [-0.2, 0) is 23.8 Å². The van der Waals surface area contributed by atoms with Crippen LogP contribution in [0.3, 0.4) is 0 Å². The van der Waals surface area contributed by atoms with Crippen molar-refractivity contribution in [1.29, 1.82) is 0 Å². The van der Waals surface area contributed by atoms with E-state index in [9.17, 15) is 13.2 Å². The third-order valence-corrected chi connectivity index (χ3v) is 4.72. The molecule has 1 aromatic heterocycles. The van der Waals surface area contributed by atoms with Gasteiger partial charge in [-0.25, -0.2) is 4.79 Å². The normalized spacial score (nSPS) is 12.0. The molecule has 0 saturated heterocycles. The van der Waals surface area contributed by atoms with Crippen LogP contribution in [0.4, 0.5) is 0 Å². The fourth-order valence-corrected chi connectivity index (χ4v) is 3.09. The van der Waals surface area contributed by atoms with Gasteiger partial charge in [0.15, 0.2) is 0 Å². The van der Waals surface area contributed by atoms with Crippen LogP contribution < -0.4 is 0 Å². The number of esters is 1. The van der Waals surface area contributed by atoms with Gasteiger partial charge in [0, 0.05) is 5.56 Å². The number of carbonyl (C=O) groups is 1. The zero-order valence-corrected chi connectivity index (χ0v) is 13.6. The number of hydrogen-bond donors (Lipinski definition) is 0. The molecule has 0 aliphatic carbocycles. The van der Waals surface area contributed by atoms with Gasteiger partial charge in [0.1, 0.15) is 16.7 Å². The largest absolute Gasteiger partial charge is 0.465 e. The number of methoxy groups -OCH3 is 1. The predicted octanol–water partition coefficient (Wildman–Crippen LogP) is 2.98. The van der Waals surface area contributed by atoms with Crippen LogP contribution in [0.15, 0.2) is 52.2 Å². The molecule has 0 atom stereocenters. The van der Waals surface area contributed by atoms with E-state index >= 15 is 0 Å². The summed E-state index contributed by atoms with van der Waals surface area (Å²) in [6.45, 7) is 1.85. The summed E-state index contributed by atoms with van der Waals surface area (Å²) >= 11 is 1.37. The molecular weight excluding hydrogens is 324 g/mol. The molecule has 0 N–H and O–H groups in total. The van der Waals surface area contributed by atoms with E-state index in [1.165, 1.54) is 30.6 Å². The van der Waals surface area contributed by atoms with E-state index in [4.69, 9.17) is 4.18 Å². The number of benzene rings is 1. The summed E-state index contributed by atoms with van der Waals surface area (Å²) < 4.78 is 33.7. The number of hydrogen-bond acceptors (Lipinski definition) is 6. The Morgan fingerprint density at radius 1 is 1.18 bits per heavy atom. The first-order valence-corrected chi connectivity index (χ1v) is 8.60. The second-order valence-electron chi connectivity index (χ2n) is 4.40. The summed E-state index contributed by atoms with van der Waals surface area (Å²) in [5.41, 5.74) is 1.51. The Kier molecular flexibility index (Phi) is 4.99. The minimum Gasteiger partial charge on any atom is -0.465 e. The van der Waals surface area contributed by atoms with Crippen molar-refractivity contribution in [3.05, 3.63) is 58.5 Å². The van der Waals surface area contributed by atoms with Gasteiger partial charge in [0.05, 0.1) is 7.11 Å². The Morgan fingerprint density at radius 2 is 1.86 bits per heavy atom. The van der Waals surface area contributed by atoms with E-state index in [-0.39, 0.29) is 10.5 Å². The van der Waals surface area contributed by atoms with Crippen molar-refractivity contribution in [3.63, 3.8) is 0 Å². The van der Waals surface area contributed by atoms with Gasteiger partial charge in [-0.2, -0.15) is 19.8 Å². The number of carbonyl (C=O) groups excluding carboxylic acids is 1. The summed E-state index contributed by atoms with van der Waals surface area (Å²) in [6, 6.07) is 7.90. The summed E-state index contributed by atoms with van der Waals surface area (Å²) in [7, 11) is -2.77. The van der Waals surface area contributed by atoms with E-state index in [1.54, 1.807) is 29.0 Å². The standard InChI is InChI=1S/C15H14O5S2/c1-11-3-5-13(6-4-11)22(17,18)20-9-14(15(16)19-2)12-7-8-21-10-12/h3-10H,1-2H3/b14-9+. The van der Waals surface area contributed by atoms with Crippen molar-refractivity contribution in [2.24, 2.45) is 0 Å². The Balaban J connectivity index is 2.30. The summed E-state index contributed by atoms with van der Waals surface area (Å²) in [5, 5.41) is 3.46. The van der Waals surface area contributed by atoms with E-state index in [0.29, 0.717) is 5.56 Å². The van der Waals surface area contributed by atoms with Crippen LogP contribution >= 0.6 is 11.3 Å². The number of ether oxygens (including phenoxy) is 1. The van der Waals surface area contributed by atoms with E-state index in [2.05, 4.69) is 4.74 Å². The molecule has 1 heterocycles. The molecule has 1 aromatic carbocycles. The lowest BCUT2D eigenvalue weighted by atomic mass is 10.1. The zero-order chi connectivity index (χ0) is 16.2. The van der Waals surface area contributed by atoms with Crippen molar-refractivity contribution >= 4 is 33.0 Å².